The number of hydrogen-bond donors (Lipinski definition) is 0. The van der Waals surface area contributed by atoms with Crippen LogP contribution in [-0.4, -0.2) is 26.5 Å². The third-order valence-electron chi connectivity index (χ3n) is 3.12. The lowest BCUT2D eigenvalue weighted by molar-refractivity contribution is -0.141. The summed E-state index contributed by atoms with van der Waals surface area (Å²) in [7, 11) is 1.61. The van der Waals surface area contributed by atoms with E-state index in [4.69, 9.17) is 14.2 Å². The molecule has 1 aromatic rings. The Morgan fingerprint density at radius 3 is 2.75 bits per heavy atom. The lowest BCUT2D eigenvalue weighted by Crippen LogP contribution is -2.06. The van der Waals surface area contributed by atoms with E-state index < -0.39 is 0 Å². The van der Waals surface area contributed by atoms with Gasteiger partial charge in [0.1, 0.15) is 5.75 Å². The number of carbonyl (C=O) groups is 1. The molecule has 0 bridgehead atoms. The molecular formula is C16H24O4. The van der Waals surface area contributed by atoms with Crippen molar-refractivity contribution in [3.63, 3.8) is 0 Å². The Morgan fingerprint density at radius 1 is 1.35 bits per heavy atom. The van der Waals surface area contributed by atoms with Crippen molar-refractivity contribution >= 4 is 5.97 Å². The Hall–Kier alpha value is -1.55. The van der Waals surface area contributed by atoms with Gasteiger partial charge in [0.05, 0.1) is 6.61 Å². The lowest BCUT2D eigenvalue weighted by atomic mass is 9.94. The Balaban J connectivity index is 2.61. The molecule has 0 aromatic heterocycles. The van der Waals surface area contributed by atoms with Crippen LogP contribution in [-0.2, 0) is 14.3 Å². The molecule has 0 aliphatic rings. The molecule has 1 rings (SSSR count). The second-order valence-corrected chi connectivity index (χ2v) is 4.98. The van der Waals surface area contributed by atoms with Gasteiger partial charge in [0, 0.05) is 14.0 Å². The highest BCUT2D eigenvalue weighted by molar-refractivity contribution is 5.65. The van der Waals surface area contributed by atoms with Crippen LogP contribution in [0.2, 0.25) is 0 Å². The van der Waals surface area contributed by atoms with Crippen molar-refractivity contribution in [2.24, 2.45) is 0 Å². The average Bonchev–Trinajstić information content (AvgIpc) is 2.41. The fourth-order valence-electron chi connectivity index (χ4n) is 2.06. The third kappa shape index (κ3) is 5.61. The quantitative estimate of drug-likeness (QED) is 0.416. The van der Waals surface area contributed by atoms with Crippen LogP contribution in [0.1, 0.15) is 43.7 Å². The first kappa shape index (κ1) is 16.5. The fraction of sp³-hybridized carbons (Fsp3) is 0.562. The highest BCUT2D eigenvalue weighted by atomic mass is 16.7. The molecule has 1 atom stereocenters. The highest BCUT2D eigenvalue weighted by Gasteiger charge is 2.12. The number of esters is 1. The monoisotopic (exact) mass is 280 g/mol. The summed E-state index contributed by atoms with van der Waals surface area (Å²) in [5.74, 6) is 0.988. The van der Waals surface area contributed by atoms with Crippen molar-refractivity contribution in [2.45, 2.75) is 39.5 Å². The summed E-state index contributed by atoms with van der Waals surface area (Å²) in [5.41, 5.74) is 2.32. The van der Waals surface area contributed by atoms with E-state index in [1.807, 2.05) is 13.0 Å². The van der Waals surface area contributed by atoms with Crippen molar-refractivity contribution in [1.29, 1.82) is 0 Å². The molecule has 4 nitrogen and oxygen atoms in total. The summed E-state index contributed by atoms with van der Waals surface area (Å²) in [5, 5.41) is 0. The molecule has 0 aliphatic heterocycles. The standard InChI is InChI=1S/C16H24O4/c1-12-7-8-15(16(10-12)20-11-18-4)13(2)6-5-9-19-14(3)17/h7-8,10,13H,5-6,9,11H2,1-4H3. The summed E-state index contributed by atoms with van der Waals surface area (Å²) < 4.78 is 15.5. The molecule has 0 fully saturated rings. The molecule has 0 amide bonds. The van der Waals surface area contributed by atoms with Gasteiger partial charge in [-0.25, -0.2) is 0 Å². The SMILES string of the molecule is COCOc1cc(C)ccc1C(C)CCCOC(C)=O. The topological polar surface area (TPSA) is 44.8 Å². The van der Waals surface area contributed by atoms with Crippen molar-refractivity contribution < 1.29 is 19.0 Å². The highest BCUT2D eigenvalue weighted by Crippen LogP contribution is 2.30. The molecule has 0 radical (unpaired) electrons. The largest absolute Gasteiger partial charge is 0.467 e. The fourth-order valence-corrected chi connectivity index (χ4v) is 2.06. The Morgan fingerprint density at radius 2 is 2.10 bits per heavy atom. The summed E-state index contributed by atoms with van der Waals surface area (Å²) in [6, 6.07) is 6.20. The first-order chi connectivity index (χ1) is 9.54. The zero-order chi connectivity index (χ0) is 15.0. The maximum atomic E-state index is 10.7. The number of hydrogen-bond acceptors (Lipinski definition) is 4. The smallest absolute Gasteiger partial charge is 0.302 e. The van der Waals surface area contributed by atoms with Crippen molar-refractivity contribution in [3.8, 4) is 5.75 Å². The summed E-state index contributed by atoms with van der Waals surface area (Å²) in [4.78, 5) is 10.7. The van der Waals surface area contributed by atoms with E-state index in [9.17, 15) is 4.79 Å². The van der Waals surface area contributed by atoms with E-state index in [1.165, 1.54) is 6.92 Å². The van der Waals surface area contributed by atoms with Crippen LogP contribution in [0.5, 0.6) is 5.75 Å². The number of rotatable bonds is 8. The molecule has 1 aromatic carbocycles. The third-order valence-corrected chi connectivity index (χ3v) is 3.12. The van der Waals surface area contributed by atoms with Crippen LogP contribution in [0.3, 0.4) is 0 Å². The van der Waals surface area contributed by atoms with Crippen molar-refractivity contribution in [2.75, 3.05) is 20.5 Å². The maximum absolute atomic E-state index is 10.7. The van der Waals surface area contributed by atoms with Gasteiger partial charge in [0.15, 0.2) is 6.79 Å². The Bertz CT molecular complexity index is 428. The van der Waals surface area contributed by atoms with Gasteiger partial charge in [-0.1, -0.05) is 19.1 Å². The van der Waals surface area contributed by atoms with Crippen LogP contribution in [0.4, 0.5) is 0 Å². The lowest BCUT2D eigenvalue weighted by Gasteiger charge is -2.17. The van der Waals surface area contributed by atoms with Crippen molar-refractivity contribution in [1.82, 2.24) is 0 Å². The number of ether oxygens (including phenoxy) is 3. The summed E-state index contributed by atoms with van der Waals surface area (Å²) in [6.45, 7) is 6.34. The van der Waals surface area contributed by atoms with E-state index in [1.54, 1.807) is 7.11 Å². The van der Waals surface area contributed by atoms with Crippen LogP contribution >= 0.6 is 0 Å². The van der Waals surface area contributed by atoms with E-state index in [0.29, 0.717) is 12.5 Å². The normalized spacial score (nSPS) is 12.0. The Labute approximate surface area is 121 Å². The molecule has 0 saturated heterocycles. The van der Waals surface area contributed by atoms with Gasteiger partial charge in [-0.05, 0) is 42.9 Å². The molecule has 0 saturated carbocycles. The summed E-state index contributed by atoms with van der Waals surface area (Å²) >= 11 is 0. The predicted molar refractivity (Wildman–Crippen MR) is 78.0 cm³/mol. The van der Waals surface area contributed by atoms with Crippen LogP contribution < -0.4 is 4.74 Å². The molecule has 0 N–H and O–H groups in total. The number of methoxy groups -OCH3 is 1. The van der Waals surface area contributed by atoms with Crippen LogP contribution in [0, 0.1) is 6.92 Å². The molecule has 4 heteroatoms. The maximum Gasteiger partial charge on any atom is 0.302 e. The first-order valence-corrected chi connectivity index (χ1v) is 6.90. The molecule has 0 aliphatic carbocycles. The molecule has 20 heavy (non-hydrogen) atoms. The number of carbonyl (C=O) groups excluding carboxylic acids is 1. The van der Waals surface area contributed by atoms with Crippen molar-refractivity contribution in [3.05, 3.63) is 29.3 Å². The number of benzene rings is 1. The predicted octanol–water partition coefficient (Wildman–Crippen LogP) is 3.42. The second kappa shape index (κ2) is 8.59. The minimum Gasteiger partial charge on any atom is -0.467 e. The van der Waals surface area contributed by atoms with E-state index in [-0.39, 0.29) is 12.8 Å². The van der Waals surface area contributed by atoms with Crippen LogP contribution in [0.15, 0.2) is 18.2 Å². The minimum atomic E-state index is -0.225. The van der Waals surface area contributed by atoms with E-state index >= 15 is 0 Å². The van der Waals surface area contributed by atoms with Gasteiger partial charge in [-0.2, -0.15) is 0 Å². The average molecular weight is 280 g/mol. The van der Waals surface area contributed by atoms with Gasteiger partial charge in [0.25, 0.3) is 0 Å². The first-order valence-electron chi connectivity index (χ1n) is 6.90. The molecule has 0 heterocycles. The van der Waals surface area contributed by atoms with Gasteiger partial charge >= 0.3 is 5.97 Å². The van der Waals surface area contributed by atoms with Gasteiger partial charge in [0.2, 0.25) is 0 Å². The number of aryl methyl sites for hydroxylation is 1. The molecule has 112 valence electrons. The molecule has 0 spiro atoms. The van der Waals surface area contributed by atoms with E-state index in [2.05, 4.69) is 19.1 Å². The summed E-state index contributed by atoms with van der Waals surface area (Å²) in [6.07, 6.45) is 1.79. The van der Waals surface area contributed by atoms with Gasteiger partial charge in [-0.15, -0.1) is 0 Å². The van der Waals surface area contributed by atoms with E-state index in [0.717, 1.165) is 29.7 Å². The van der Waals surface area contributed by atoms with Gasteiger partial charge < -0.3 is 14.2 Å². The van der Waals surface area contributed by atoms with Gasteiger partial charge in [-0.3, -0.25) is 4.79 Å². The zero-order valence-electron chi connectivity index (χ0n) is 12.8. The zero-order valence-corrected chi connectivity index (χ0v) is 12.8. The van der Waals surface area contributed by atoms with Crippen LogP contribution in [0.25, 0.3) is 0 Å². The molecular weight excluding hydrogens is 256 g/mol. The Kier molecular flexibility index (Phi) is 7.09. The minimum absolute atomic E-state index is 0.225. The second-order valence-electron chi connectivity index (χ2n) is 4.98. The molecule has 1 unspecified atom stereocenters.